The van der Waals surface area contributed by atoms with Crippen molar-refractivity contribution in [2.45, 2.75) is 19.3 Å². The predicted octanol–water partition coefficient (Wildman–Crippen LogP) is 2.59. The first kappa shape index (κ1) is 27.3. The van der Waals surface area contributed by atoms with Crippen LogP contribution in [0, 0.1) is 0 Å². The van der Waals surface area contributed by atoms with E-state index in [1.54, 1.807) is 18.1 Å². The van der Waals surface area contributed by atoms with E-state index in [9.17, 15) is 14.4 Å². The number of nitrogens with one attached hydrogen (secondary N) is 2. The fourth-order valence-corrected chi connectivity index (χ4v) is 4.87. The van der Waals surface area contributed by atoms with Crippen LogP contribution in [0.5, 0.6) is 5.75 Å². The number of hydrogen-bond donors (Lipinski definition) is 2. The zero-order valence-corrected chi connectivity index (χ0v) is 22.2. The lowest BCUT2D eigenvalue weighted by atomic mass is 10.1. The van der Waals surface area contributed by atoms with Crippen LogP contribution in [0.25, 0.3) is 0 Å². The van der Waals surface area contributed by atoms with Gasteiger partial charge in [-0.1, -0.05) is 12.1 Å². The maximum Gasteiger partial charge on any atom is 0.409 e. The highest BCUT2D eigenvalue weighted by atomic mass is 16.5. The van der Waals surface area contributed by atoms with Crippen LogP contribution >= 0.6 is 0 Å². The fraction of sp³-hybridized carbons (Fsp3) is 0.464. The lowest BCUT2D eigenvalue weighted by molar-refractivity contribution is -0.115. The number of carbonyl (C=O) groups excluding carboxylic acids is 3. The highest BCUT2D eigenvalue weighted by Crippen LogP contribution is 2.29. The van der Waals surface area contributed by atoms with E-state index in [1.807, 2.05) is 41.3 Å². The van der Waals surface area contributed by atoms with Crippen LogP contribution in [0.15, 0.2) is 42.5 Å². The fourth-order valence-electron chi connectivity index (χ4n) is 4.87. The number of anilines is 2. The quantitative estimate of drug-likeness (QED) is 0.600. The summed E-state index contributed by atoms with van der Waals surface area (Å²) in [5.41, 5.74) is 2.82. The van der Waals surface area contributed by atoms with Crippen LogP contribution in [0.2, 0.25) is 0 Å². The Hall–Kier alpha value is -3.79. The Balaban J connectivity index is 1.56. The summed E-state index contributed by atoms with van der Waals surface area (Å²) >= 11 is 0. The molecule has 0 unspecified atom stereocenters. The summed E-state index contributed by atoms with van der Waals surface area (Å²) in [6, 6.07) is 12.9. The second kappa shape index (κ2) is 13.1. The van der Waals surface area contributed by atoms with E-state index in [0.29, 0.717) is 50.5 Å². The Kier molecular flexibility index (Phi) is 9.42. The maximum atomic E-state index is 13.3. The van der Waals surface area contributed by atoms with Crippen molar-refractivity contribution in [2.24, 2.45) is 0 Å². The van der Waals surface area contributed by atoms with E-state index in [0.717, 1.165) is 42.9 Å². The molecule has 2 aromatic carbocycles. The first-order chi connectivity index (χ1) is 18.5. The molecule has 204 valence electrons. The monoisotopic (exact) mass is 523 g/mol. The van der Waals surface area contributed by atoms with Crippen molar-refractivity contribution < 1.29 is 23.9 Å². The first-order valence-electron chi connectivity index (χ1n) is 13.1. The summed E-state index contributed by atoms with van der Waals surface area (Å²) in [6.07, 6.45) is 1.51. The Bertz CT molecular complexity index is 1120. The van der Waals surface area contributed by atoms with E-state index >= 15 is 0 Å². The molecule has 0 saturated carbocycles. The topological polar surface area (TPSA) is 103 Å². The minimum Gasteiger partial charge on any atom is -0.497 e. The number of ether oxygens (including phenoxy) is 2. The van der Waals surface area contributed by atoms with Crippen LogP contribution in [0.3, 0.4) is 0 Å². The molecular weight excluding hydrogens is 486 g/mol. The number of amides is 3. The zero-order chi connectivity index (χ0) is 26.9. The van der Waals surface area contributed by atoms with Gasteiger partial charge in [-0.3, -0.25) is 9.59 Å². The lowest BCUT2D eigenvalue weighted by Gasteiger charge is -2.27. The third-order valence-electron chi connectivity index (χ3n) is 6.94. The highest BCUT2D eigenvalue weighted by molar-refractivity contribution is 6.00. The van der Waals surface area contributed by atoms with Crippen molar-refractivity contribution in [1.29, 1.82) is 0 Å². The number of nitrogens with zero attached hydrogens (tertiary/aromatic N) is 3. The van der Waals surface area contributed by atoms with Gasteiger partial charge in [-0.05, 0) is 55.3 Å². The summed E-state index contributed by atoms with van der Waals surface area (Å²) in [5, 5.41) is 6.38. The van der Waals surface area contributed by atoms with Gasteiger partial charge in [0.1, 0.15) is 5.75 Å². The first-order valence-corrected chi connectivity index (χ1v) is 13.1. The Morgan fingerprint density at radius 3 is 2.42 bits per heavy atom. The molecule has 2 aliphatic heterocycles. The lowest BCUT2D eigenvalue weighted by Crippen LogP contribution is -2.35. The summed E-state index contributed by atoms with van der Waals surface area (Å²) in [5.74, 6) is 0.512. The van der Waals surface area contributed by atoms with Gasteiger partial charge in [-0.15, -0.1) is 0 Å². The van der Waals surface area contributed by atoms with Crippen LogP contribution < -0.4 is 20.3 Å². The molecule has 0 aliphatic carbocycles. The van der Waals surface area contributed by atoms with E-state index < -0.39 is 0 Å². The Morgan fingerprint density at radius 1 is 0.868 bits per heavy atom. The highest BCUT2D eigenvalue weighted by Gasteiger charge is 2.24. The molecular formula is C28H37N5O5. The summed E-state index contributed by atoms with van der Waals surface area (Å²) in [4.78, 5) is 44.2. The molecule has 3 amide bonds. The number of methoxy groups -OCH3 is 2. The van der Waals surface area contributed by atoms with Gasteiger partial charge in [0, 0.05) is 51.4 Å². The predicted molar refractivity (Wildman–Crippen MR) is 146 cm³/mol. The molecule has 10 nitrogen and oxygen atoms in total. The van der Waals surface area contributed by atoms with Crippen LogP contribution in [-0.2, 0) is 16.0 Å². The van der Waals surface area contributed by atoms with E-state index in [2.05, 4.69) is 15.5 Å². The molecule has 10 heteroatoms. The molecule has 38 heavy (non-hydrogen) atoms. The van der Waals surface area contributed by atoms with Crippen molar-refractivity contribution in [3.05, 3.63) is 53.6 Å². The average molecular weight is 524 g/mol. The Morgan fingerprint density at radius 2 is 1.66 bits per heavy atom. The molecule has 2 saturated heterocycles. The van der Waals surface area contributed by atoms with Gasteiger partial charge in [0.05, 0.1) is 32.0 Å². The zero-order valence-electron chi connectivity index (χ0n) is 22.2. The number of carbonyl (C=O) groups is 3. The smallest absolute Gasteiger partial charge is 0.409 e. The van der Waals surface area contributed by atoms with E-state index in [1.165, 1.54) is 7.11 Å². The largest absolute Gasteiger partial charge is 0.497 e. The average Bonchev–Trinajstić information content (AvgIpc) is 3.36. The molecule has 2 aromatic rings. The summed E-state index contributed by atoms with van der Waals surface area (Å²) < 4.78 is 10.1. The molecule has 2 N–H and O–H groups in total. The number of hydrogen-bond acceptors (Lipinski definition) is 7. The number of rotatable bonds is 6. The minimum atomic E-state index is -0.340. The van der Waals surface area contributed by atoms with Gasteiger partial charge in [0.15, 0.2) is 0 Å². The van der Waals surface area contributed by atoms with Crippen molar-refractivity contribution in [1.82, 2.24) is 15.1 Å². The van der Waals surface area contributed by atoms with Gasteiger partial charge in [-0.25, -0.2) is 4.79 Å². The standard InChI is InChI=1S/C28H37N5O5/c1-37-23-8-5-21(6-9-23)19-26(34)30-24-20-22(27(35)32-13-3-11-29-12-16-32)7-10-25(24)31-14-4-15-33(18-17-31)28(36)38-2/h5-10,20,29H,3-4,11-19H2,1-2H3,(H,30,34). The van der Waals surface area contributed by atoms with E-state index in [-0.39, 0.29) is 24.3 Å². The summed E-state index contributed by atoms with van der Waals surface area (Å²) in [7, 11) is 2.99. The molecule has 0 bridgehead atoms. The van der Waals surface area contributed by atoms with Crippen molar-refractivity contribution in [2.75, 3.05) is 76.8 Å². The normalized spacial score (nSPS) is 16.3. The summed E-state index contributed by atoms with van der Waals surface area (Å²) in [6.45, 7) is 5.40. The SMILES string of the molecule is COC(=O)N1CCCN(c2ccc(C(=O)N3CCCNCC3)cc2NC(=O)Cc2ccc(OC)cc2)CC1. The molecule has 4 rings (SSSR count). The third-order valence-corrected chi connectivity index (χ3v) is 6.94. The van der Waals surface area contributed by atoms with Gasteiger partial charge in [0.25, 0.3) is 5.91 Å². The molecule has 2 aliphatic rings. The van der Waals surface area contributed by atoms with Crippen LogP contribution in [0.1, 0.15) is 28.8 Å². The molecule has 0 radical (unpaired) electrons. The van der Waals surface area contributed by atoms with Gasteiger partial charge >= 0.3 is 6.09 Å². The second-order valence-corrected chi connectivity index (χ2v) is 9.50. The maximum absolute atomic E-state index is 13.3. The van der Waals surface area contributed by atoms with Gasteiger partial charge in [-0.2, -0.15) is 0 Å². The minimum absolute atomic E-state index is 0.0429. The molecule has 0 spiro atoms. The van der Waals surface area contributed by atoms with Crippen LogP contribution in [0.4, 0.5) is 16.2 Å². The van der Waals surface area contributed by atoms with Crippen molar-refractivity contribution in [3.63, 3.8) is 0 Å². The molecule has 0 aromatic heterocycles. The third kappa shape index (κ3) is 6.95. The van der Waals surface area contributed by atoms with E-state index in [4.69, 9.17) is 9.47 Å². The number of benzene rings is 2. The van der Waals surface area contributed by atoms with Gasteiger partial charge < -0.3 is 34.8 Å². The van der Waals surface area contributed by atoms with Gasteiger partial charge in [0.2, 0.25) is 5.91 Å². The van der Waals surface area contributed by atoms with Crippen molar-refractivity contribution >= 4 is 29.3 Å². The second-order valence-electron chi connectivity index (χ2n) is 9.50. The molecule has 0 atom stereocenters. The van der Waals surface area contributed by atoms with Crippen LogP contribution in [-0.4, -0.2) is 94.3 Å². The Labute approximate surface area is 223 Å². The molecule has 2 fully saturated rings. The molecule has 2 heterocycles. The van der Waals surface area contributed by atoms with Crippen molar-refractivity contribution in [3.8, 4) is 5.75 Å².